The molecular weight excluding hydrogens is 186 g/mol. The summed E-state index contributed by atoms with van der Waals surface area (Å²) < 4.78 is 0. The van der Waals surface area contributed by atoms with Crippen LogP contribution in [0.2, 0.25) is 0 Å². The fourth-order valence-corrected chi connectivity index (χ4v) is 1.44. The van der Waals surface area contributed by atoms with E-state index in [9.17, 15) is 4.79 Å². The van der Waals surface area contributed by atoms with Crippen molar-refractivity contribution in [3.8, 4) is 0 Å². The maximum absolute atomic E-state index is 11.0. The number of hydrogen-bond acceptors (Lipinski definition) is 2. The number of pyridine rings is 1. The highest BCUT2D eigenvalue weighted by molar-refractivity contribution is 6.68. The van der Waals surface area contributed by atoms with Gasteiger partial charge in [0.15, 0.2) is 0 Å². The first-order chi connectivity index (χ1) is 6.29. The zero-order chi connectivity index (χ0) is 9.26. The molecule has 0 bridgehead atoms. The van der Waals surface area contributed by atoms with Gasteiger partial charge >= 0.3 is 0 Å². The predicted octanol–water partition coefficient (Wildman–Crippen LogP) is 2.61. The fourth-order valence-electron chi connectivity index (χ4n) is 1.27. The van der Waals surface area contributed by atoms with Gasteiger partial charge in [-0.3, -0.25) is 9.78 Å². The second-order valence-corrected chi connectivity index (χ2v) is 2.99. The van der Waals surface area contributed by atoms with Gasteiger partial charge in [0.25, 0.3) is 5.24 Å². The highest BCUT2D eigenvalue weighted by Crippen LogP contribution is 2.17. The lowest BCUT2D eigenvalue weighted by Crippen LogP contribution is -1.90. The molecule has 0 radical (unpaired) electrons. The molecule has 2 aromatic rings. The molecule has 0 spiro atoms. The molecule has 0 fully saturated rings. The number of hydrogen-bond donors (Lipinski definition) is 0. The monoisotopic (exact) mass is 191 g/mol. The quantitative estimate of drug-likeness (QED) is 0.649. The Hall–Kier alpha value is -1.41. The highest BCUT2D eigenvalue weighted by atomic mass is 35.5. The lowest BCUT2D eigenvalue weighted by molar-refractivity contribution is 0.108. The van der Waals surface area contributed by atoms with Gasteiger partial charge in [0.1, 0.15) is 0 Å². The zero-order valence-corrected chi connectivity index (χ0v) is 7.45. The second kappa shape index (κ2) is 3.15. The van der Waals surface area contributed by atoms with Crippen molar-refractivity contribution in [3.05, 3.63) is 42.1 Å². The Morgan fingerprint density at radius 2 is 2.08 bits per heavy atom. The molecule has 64 valence electrons. The van der Waals surface area contributed by atoms with Crippen molar-refractivity contribution >= 4 is 27.7 Å². The molecule has 2 nitrogen and oxygen atoms in total. The molecule has 0 saturated carbocycles. The van der Waals surface area contributed by atoms with Crippen LogP contribution < -0.4 is 0 Å². The van der Waals surface area contributed by atoms with E-state index in [1.165, 1.54) is 0 Å². The first kappa shape index (κ1) is 8.20. The number of rotatable bonds is 1. The molecule has 1 aromatic heterocycles. The molecule has 0 aliphatic carbocycles. The minimum Gasteiger partial charge on any atom is -0.276 e. The van der Waals surface area contributed by atoms with Crippen LogP contribution in [0.15, 0.2) is 36.5 Å². The van der Waals surface area contributed by atoms with Crippen LogP contribution in [0.1, 0.15) is 10.4 Å². The maximum atomic E-state index is 11.0. The van der Waals surface area contributed by atoms with Crippen molar-refractivity contribution in [2.75, 3.05) is 0 Å². The van der Waals surface area contributed by atoms with Gasteiger partial charge in [0, 0.05) is 17.1 Å². The van der Waals surface area contributed by atoms with Crippen LogP contribution in [-0.4, -0.2) is 10.2 Å². The van der Waals surface area contributed by atoms with Gasteiger partial charge in [0.05, 0.1) is 5.52 Å². The summed E-state index contributed by atoms with van der Waals surface area (Å²) in [7, 11) is 0. The molecular formula is C10H6ClNO. The van der Waals surface area contributed by atoms with E-state index in [0.29, 0.717) is 5.56 Å². The van der Waals surface area contributed by atoms with Crippen LogP contribution in [0, 0.1) is 0 Å². The Kier molecular flexibility index (Phi) is 1.99. The predicted molar refractivity (Wildman–Crippen MR) is 51.9 cm³/mol. The van der Waals surface area contributed by atoms with Gasteiger partial charge < -0.3 is 0 Å². The van der Waals surface area contributed by atoms with E-state index in [0.717, 1.165) is 10.9 Å². The van der Waals surface area contributed by atoms with Crippen molar-refractivity contribution in [2.45, 2.75) is 0 Å². The van der Waals surface area contributed by atoms with Crippen LogP contribution in [0.25, 0.3) is 10.9 Å². The van der Waals surface area contributed by atoms with E-state index < -0.39 is 5.24 Å². The summed E-state index contributed by atoms with van der Waals surface area (Å²) in [5.41, 5.74) is 1.29. The molecule has 0 amide bonds. The molecule has 0 saturated heterocycles. The summed E-state index contributed by atoms with van der Waals surface area (Å²) in [6.45, 7) is 0. The summed E-state index contributed by atoms with van der Waals surface area (Å²) in [6.07, 6.45) is 1.69. The van der Waals surface area contributed by atoms with E-state index >= 15 is 0 Å². The van der Waals surface area contributed by atoms with E-state index in [4.69, 9.17) is 11.6 Å². The molecule has 0 aliphatic rings. The Morgan fingerprint density at radius 1 is 1.23 bits per heavy atom. The first-order valence-electron chi connectivity index (χ1n) is 3.82. The lowest BCUT2D eigenvalue weighted by atomic mass is 10.1. The second-order valence-electron chi connectivity index (χ2n) is 2.65. The van der Waals surface area contributed by atoms with Crippen molar-refractivity contribution in [1.29, 1.82) is 0 Å². The van der Waals surface area contributed by atoms with Crippen molar-refractivity contribution in [3.63, 3.8) is 0 Å². The summed E-state index contributed by atoms with van der Waals surface area (Å²) in [6, 6.07) is 8.92. The van der Waals surface area contributed by atoms with Crippen LogP contribution in [-0.2, 0) is 0 Å². The van der Waals surface area contributed by atoms with Gasteiger partial charge in [-0.15, -0.1) is 0 Å². The minimum absolute atomic E-state index is 0.446. The molecule has 0 atom stereocenters. The summed E-state index contributed by atoms with van der Waals surface area (Å²) in [5, 5.41) is 0.351. The maximum Gasteiger partial charge on any atom is 0.253 e. The van der Waals surface area contributed by atoms with Crippen LogP contribution in [0.3, 0.4) is 0 Å². The third-order valence-electron chi connectivity index (χ3n) is 1.86. The molecule has 1 aromatic carbocycles. The summed E-state index contributed by atoms with van der Waals surface area (Å²) in [4.78, 5) is 15.1. The van der Waals surface area contributed by atoms with Crippen LogP contribution >= 0.6 is 11.6 Å². The Labute approximate surface area is 80.2 Å². The first-order valence-corrected chi connectivity index (χ1v) is 4.20. The van der Waals surface area contributed by atoms with E-state index in [2.05, 4.69) is 4.98 Å². The number of benzene rings is 1. The number of halogens is 1. The molecule has 2 rings (SSSR count). The number of fused-ring (bicyclic) bond motifs is 1. The highest BCUT2D eigenvalue weighted by Gasteiger charge is 2.05. The Balaban J connectivity index is 2.83. The smallest absolute Gasteiger partial charge is 0.253 e. The summed E-state index contributed by atoms with van der Waals surface area (Å²) in [5.74, 6) is 0. The average Bonchev–Trinajstić information content (AvgIpc) is 2.17. The van der Waals surface area contributed by atoms with Crippen molar-refractivity contribution in [1.82, 2.24) is 4.98 Å². The van der Waals surface area contributed by atoms with E-state index in [-0.39, 0.29) is 0 Å². The van der Waals surface area contributed by atoms with E-state index in [1.54, 1.807) is 24.4 Å². The van der Waals surface area contributed by atoms with Crippen molar-refractivity contribution in [2.24, 2.45) is 0 Å². The third-order valence-corrected chi connectivity index (χ3v) is 2.06. The van der Waals surface area contributed by atoms with Gasteiger partial charge in [-0.25, -0.2) is 0 Å². The average molecular weight is 192 g/mol. The number of carbonyl (C=O) groups is 1. The Bertz CT molecular complexity index is 462. The molecule has 13 heavy (non-hydrogen) atoms. The number of aromatic nitrogens is 1. The molecule has 1 heterocycles. The largest absolute Gasteiger partial charge is 0.276 e. The van der Waals surface area contributed by atoms with Crippen LogP contribution in [0.5, 0.6) is 0 Å². The van der Waals surface area contributed by atoms with Crippen molar-refractivity contribution < 1.29 is 4.79 Å². The van der Waals surface area contributed by atoms with Gasteiger partial charge in [-0.2, -0.15) is 0 Å². The topological polar surface area (TPSA) is 30.0 Å². The number of nitrogens with zero attached hydrogens (tertiary/aromatic N) is 1. The van der Waals surface area contributed by atoms with E-state index in [1.807, 2.05) is 12.1 Å². The van der Waals surface area contributed by atoms with Gasteiger partial charge in [0.2, 0.25) is 0 Å². The third kappa shape index (κ3) is 1.40. The van der Waals surface area contributed by atoms with Gasteiger partial charge in [-0.1, -0.05) is 12.1 Å². The minimum atomic E-state index is -0.446. The lowest BCUT2D eigenvalue weighted by Gasteiger charge is -1.99. The SMILES string of the molecule is O=C(Cl)c1cccc2ncccc12. The number of carbonyl (C=O) groups excluding carboxylic acids is 1. The molecule has 0 unspecified atom stereocenters. The zero-order valence-electron chi connectivity index (χ0n) is 6.70. The molecule has 0 aliphatic heterocycles. The van der Waals surface area contributed by atoms with Gasteiger partial charge in [-0.05, 0) is 29.8 Å². The Morgan fingerprint density at radius 3 is 2.85 bits per heavy atom. The van der Waals surface area contributed by atoms with Crippen LogP contribution in [0.4, 0.5) is 0 Å². The fraction of sp³-hybridized carbons (Fsp3) is 0. The normalized spacial score (nSPS) is 10.2. The summed E-state index contributed by atoms with van der Waals surface area (Å²) >= 11 is 5.42. The molecule has 3 heteroatoms. The molecule has 0 N–H and O–H groups in total. The standard InChI is InChI=1S/C10H6ClNO/c11-10(13)8-3-1-5-9-7(8)4-2-6-12-9/h1-6H.